The van der Waals surface area contributed by atoms with Gasteiger partial charge < -0.3 is 5.32 Å². The van der Waals surface area contributed by atoms with Crippen molar-refractivity contribution in [1.82, 2.24) is 5.32 Å². The second-order valence-corrected chi connectivity index (χ2v) is 6.27. The minimum Gasteiger partial charge on any atom is -0.319 e. The molecular weight excluding hydrogens is 278 g/mol. The van der Waals surface area contributed by atoms with Crippen LogP contribution in [0.3, 0.4) is 0 Å². The first-order valence-corrected chi connectivity index (χ1v) is 7.92. The predicted molar refractivity (Wildman–Crippen MR) is 92.2 cm³/mol. The Morgan fingerprint density at radius 1 is 1.00 bits per heavy atom. The van der Waals surface area contributed by atoms with E-state index in [1.54, 1.807) is 0 Å². The van der Waals surface area contributed by atoms with Crippen LogP contribution in [0.4, 0.5) is 0 Å². The molecule has 0 saturated heterocycles. The van der Waals surface area contributed by atoms with Crippen LogP contribution in [0, 0.1) is 19.8 Å². The molecule has 1 unspecified atom stereocenters. The van der Waals surface area contributed by atoms with Crippen molar-refractivity contribution >= 4 is 11.6 Å². The molecule has 2 rings (SSSR count). The van der Waals surface area contributed by atoms with E-state index in [9.17, 15) is 0 Å². The van der Waals surface area contributed by atoms with Crippen molar-refractivity contribution in [3.05, 3.63) is 69.7 Å². The lowest BCUT2D eigenvalue weighted by Crippen LogP contribution is -2.23. The van der Waals surface area contributed by atoms with E-state index in [-0.39, 0.29) is 0 Å². The highest BCUT2D eigenvalue weighted by Crippen LogP contribution is 2.21. The summed E-state index contributed by atoms with van der Waals surface area (Å²) in [5.41, 5.74) is 5.58. The average molecular weight is 302 g/mol. The van der Waals surface area contributed by atoms with Crippen LogP contribution in [0.5, 0.6) is 0 Å². The van der Waals surface area contributed by atoms with Gasteiger partial charge in [-0.15, -0.1) is 0 Å². The molecule has 1 N–H and O–H groups in total. The van der Waals surface area contributed by atoms with Crippen LogP contribution in [0.25, 0.3) is 0 Å². The molecule has 2 aromatic rings. The monoisotopic (exact) mass is 301 g/mol. The van der Waals surface area contributed by atoms with Crippen molar-refractivity contribution in [2.24, 2.45) is 5.92 Å². The van der Waals surface area contributed by atoms with E-state index in [0.29, 0.717) is 5.92 Å². The minimum atomic E-state index is 0.577. The zero-order valence-electron chi connectivity index (χ0n) is 13.1. The molecule has 0 aliphatic carbocycles. The molecule has 0 aromatic heterocycles. The third-order valence-electron chi connectivity index (χ3n) is 4.04. The molecule has 0 radical (unpaired) electrons. The van der Waals surface area contributed by atoms with Crippen LogP contribution in [0.2, 0.25) is 5.02 Å². The van der Waals surface area contributed by atoms with Crippen LogP contribution in [0.15, 0.2) is 42.5 Å². The van der Waals surface area contributed by atoms with Gasteiger partial charge in [-0.1, -0.05) is 41.9 Å². The van der Waals surface area contributed by atoms with Gasteiger partial charge in [0, 0.05) is 5.02 Å². The SMILES string of the molecule is CNCC(Cc1cccc(Cl)c1)Cc1c(C)cccc1C. The molecular formula is C19H24ClN. The highest BCUT2D eigenvalue weighted by Gasteiger charge is 2.13. The van der Waals surface area contributed by atoms with Gasteiger partial charge >= 0.3 is 0 Å². The first-order chi connectivity index (χ1) is 10.1. The van der Waals surface area contributed by atoms with E-state index in [2.05, 4.69) is 49.5 Å². The summed E-state index contributed by atoms with van der Waals surface area (Å²) < 4.78 is 0. The first-order valence-electron chi connectivity index (χ1n) is 7.54. The molecule has 2 heteroatoms. The third-order valence-corrected chi connectivity index (χ3v) is 4.28. The number of nitrogens with one attached hydrogen (secondary N) is 1. The van der Waals surface area contributed by atoms with E-state index in [1.165, 1.54) is 22.3 Å². The van der Waals surface area contributed by atoms with Crippen molar-refractivity contribution in [1.29, 1.82) is 0 Å². The highest BCUT2D eigenvalue weighted by molar-refractivity contribution is 6.30. The lowest BCUT2D eigenvalue weighted by atomic mass is 9.88. The summed E-state index contributed by atoms with van der Waals surface area (Å²) >= 11 is 6.10. The maximum absolute atomic E-state index is 6.10. The fourth-order valence-electron chi connectivity index (χ4n) is 2.96. The Bertz CT molecular complexity index is 572. The molecule has 2 aromatic carbocycles. The van der Waals surface area contributed by atoms with Gasteiger partial charge in [-0.05, 0) is 80.6 Å². The molecule has 0 saturated carbocycles. The molecule has 0 heterocycles. The van der Waals surface area contributed by atoms with Crippen molar-refractivity contribution in [2.45, 2.75) is 26.7 Å². The van der Waals surface area contributed by atoms with Crippen LogP contribution in [-0.4, -0.2) is 13.6 Å². The van der Waals surface area contributed by atoms with E-state index < -0.39 is 0 Å². The number of benzene rings is 2. The van der Waals surface area contributed by atoms with Crippen molar-refractivity contribution in [3.8, 4) is 0 Å². The zero-order chi connectivity index (χ0) is 15.2. The Kier molecular flexibility index (Phi) is 5.84. The maximum Gasteiger partial charge on any atom is 0.0408 e. The summed E-state index contributed by atoms with van der Waals surface area (Å²) in [7, 11) is 2.02. The first kappa shape index (κ1) is 16.1. The Labute approximate surface area is 133 Å². The van der Waals surface area contributed by atoms with Crippen molar-refractivity contribution in [3.63, 3.8) is 0 Å². The van der Waals surface area contributed by atoms with Crippen LogP contribution in [0.1, 0.15) is 22.3 Å². The molecule has 1 nitrogen and oxygen atoms in total. The Hall–Kier alpha value is -1.31. The molecule has 0 fully saturated rings. The lowest BCUT2D eigenvalue weighted by molar-refractivity contribution is 0.491. The standard InChI is InChI=1S/C19H24ClN/c1-14-6-4-7-15(2)19(14)12-17(13-21-3)10-16-8-5-9-18(20)11-16/h4-9,11,17,21H,10,12-13H2,1-3H3. The molecule has 1 atom stereocenters. The number of hydrogen-bond acceptors (Lipinski definition) is 1. The van der Waals surface area contributed by atoms with E-state index >= 15 is 0 Å². The van der Waals surface area contributed by atoms with Gasteiger partial charge in [-0.25, -0.2) is 0 Å². The zero-order valence-corrected chi connectivity index (χ0v) is 13.9. The van der Waals surface area contributed by atoms with Gasteiger partial charge in [0.15, 0.2) is 0 Å². The largest absolute Gasteiger partial charge is 0.319 e. The quantitative estimate of drug-likeness (QED) is 0.823. The highest BCUT2D eigenvalue weighted by atomic mass is 35.5. The van der Waals surface area contributed by atoms with E-state index in [0.717, 1.165) is 24.4 Å². The van der Waals surface area contributed by atoms with Gasteiger partial charge in [-0.2, -0.15) is 0 Å². The molecule has 0 amide bonds. The van der Waals surface area contributed by atoms with Gasteiger partial charge in [0.25, 0.3) is 0 Å². The van der Waals surface area contributed by atoms with Gasteiger partial charge in [0.2, 0.25) is 0 Å². The summed E-state index contributed by atoms with van der Waals surface area (Å²) in [6.07, 6.45) is 2.15. The fraction of sp³-hybridized carbons (Fsp3) is 0.368. The van der Waals surface area contributed by atoms with Gasteiger partial charge in [0.1, 0.15) is 0 Å². The van der Waals surface area contributed by atoms with E-state index in [4.69, 9.17) is 11.6 Å². The summed E-state index contributed by atoms with van der Waals surface area (Å²) in [6, 6.07) is 14.8. The second kappa shape index (κ2) is 7.63. The number of hydrogen-bond donors (Lipinski definition) is 1. The number of aryl methyl sites for hydroxylation is 2. The Balaban J connectivity index is 2.16. The van der Waals surface area contributed by atoms with E-state index in [1.807, 2.05) is 19.2 Å². The lowest BCUT2D eigenvalue weighted by Gasteiger charge is -2.19. The summed E-state index contributed by atoms with van der Waals surface area (Å²) in [4.78, 5) is 0. The molecule has 0 spiro atoms. The summed E-state index contributed by atoms with van der Waals surface area (Å²) in [6.45, 7) is 5.43. The van der Waals surface area contributed by atoms with Crippen LogP contribution >= 0.6 is 11.6 Å². The van der Waals surface area contributed by atoms with Gasteiger partial charge in [0.05, 0.1) is 0 Å². The number of rotatable bonds is 6. The summed E-state index contributed by atoms with van der Waals surface area (Å²) in [5.74, 6) is 0.577. The van der Waals surface area contributed by atoms with Crippen LogP contribution in [-0.2, 0) is 12.8 Å². The Morgan fingerprint density at radius 3 is 2.29 bits per heavy atom. The smallest absolute Gasteiger partial charge is 0.0408 e. The summed E-state index contributed by atoms with van der Waals surface area (Å²) in [5, 5.41) is 4.15. The van der Waals surface area contributed by atoms with Crippen molar-refractivity contribution < 1.29 is 0 Å². The molecule has 0 bridgehead atoms. The Morgan fingerprint density at radius 2 is 1.67 bits per heavy atom. The normalized spacial score (nSPS) is 12.4. The fourth-order valence-corrected chi connectivity index (χ4v) is 3.17. The van der Waals surface area contributed by atoms with Crippen molar-refractivity contribution in [2.75, 3.05) is 13.6 Å². The average Bonchev–Trinajstić information content (AvgIpc) is 2.43. The molecule has 21 heavy (non-hydrogen) atoms. The third kappa shape index (κ3) is 4.59. The minimum absolute atomic E-state index is 0.577. The second-order valence-electron chi connectivity index (χ2n) is 5.83. The maximum atomic E-state index is 6.10. The predicted octanol–water partition coefficient (Wildman–Crippen LogP) is 4.58. The van der Waals surface area contributed by atoms with Crippen LogP contribution < -0.4 is 5.32 Å². The van der Waals surface area contributed by atoms with Gasteiger partial charge in [-0.3, -0.25) is 0 Å². The topological polar surface area (TPSA) is 12.0 Å². The molecule has 0 aliphatic heterocycles. The molecule has 112 valence electrons. The number of halogens is 1. The molecule has 0 aliphatic rings.